The minimum absolute atomic E-state index is 0.0542. The van der Waals surface area contributed by atoms with Crippen molar-refractivity contribution < 1.29 is 14.3 Å². The molecule has 1 aromatic heterocycles. The van der Waals surface area contributed by atoms with Crippen molar-refractivity contribution >= 4 is 27.5 Å². The van der Waals surface area contributed by atoms with Gasteiger partial charge in [0.2, 0.25) is 5.91 Å². The summed E-state index contributed by atoms with van der Waals surface area (Å²) in [6.45, 7) is 12.1. The van der Waals surface area contributed by atoms with Crippen LogP contribution >= 0.6 is 21.6 Å². The first-order valence-corrected chi connectivity index (χ1v) is 11.8. The lowest BCUT2D eigenvalue weighted by molar-refractivity contribution is -0.121. The topological polar surface area (TPSA) is 60.5 Å². The maximum Gasteiger partial charge on any atom is 0.220 e. The highest BCUT2D eigenvalue weighted by molar-refractivity contribution is 8.76. The van der Waals surface area contributed by atoms with Crippen molar-refractivity contribution in [2.75, 3.05) is 25.5 Å². The van der Waals surface area contributed by atoms with Gasteiger partial charge in [-0.3, -0.25) is 4.79 Å². The molecule has 0 bridgehead atoms. The fourth-order valence-electron chi connectivity index (χ4n) is 1.99. The van der Waals surface area contributed by atoms with Gasteiger partial charge in [-0.1, -0.05) is 23.8 Å². The molecule has 1 heterocycles. The van der Waals surface area contributed by atoms with Crippen LogP contribution in [0.1, 0.15) is 53.9 Å². The summed E-state index contributed by atoms with van der Waals surface area (Å²) in [6, 6.07) is 5.82. The number of hydrogen-bond donors (Lipinski definition) is 1. The Bertz CT molecular complexity index is 539. The zero-order chi connectivity index (χ0) is 20.2. The first-order chi connectivity index (χ1) is 12.7. The van der Waals surface area contributed by atoms with Crippen LogP contribution in [0.25, 0.3) is 0 Å². The van der Waals surface area contributed by atoms with E-state index >= 15 is 0 Å². The number of pyridine rings is 1. The Kier molecular flexibility index (Phi) is 11.4. The molecule has 0 aliphatic heterocycles. The molecule has 1 amide bonds. The van der Waals surface area contributed by atoms with Gasteiger partial charge in [-0.05, 0) is 63.5 Å². The Morgan fingerprint density at radius 3 is 2.56 bits per heavy atom. The average molecular weight is 415 g/mol. The summed E-state index contributed by atoms with van der Waals surface area (Å²) in [4.78, 5) is 16.1. The molecular formula is C20H34N2O3S2. The summed E-state index contributed by atoms with van der Waals surface area (Å²) in [5.41, 5.74) is -0.347. The van der Waals surface area contributed by atoms with Crippen molar-refractivity contribution in [3.05, 3.63) is 24.4 Å². The van der Waals surface area contributed by atoms with Gasteiger partial charge in [0.1, 0.15) is 5.03 Å². The van der Waals surface area contributed by atoms with Gasteiger partial charge in [-0.15, -0.1) is 0 Å². The number of ether oxygens (including phenoxy) is 2. The molecule has 0 aromatic carbocycles. The van der Waals surface area contributed by atoms with Gasteiger partial charge >= 0.3 is 0 Å². The molecular weight excluding hydrogens is 380 g/mol. The molecule has 154 valence electrons. The second kappa shape index (κ2) is 12.6. The zero-order valence-electron chi connectivity index (χ0n) is 17.2. The van der Waals surface area contributed by atoms with Gasteiger partial charge < -0.3 is 14.8 Å². The van der Waals surface area contributed by atoms with Crippen molar-refractivity contribution in [2.45, 2.75) is 70.1 Å². The predicted octanol–water partition coefficient (Wildman–Crippen LogP) is 4.72. The SMILES string of the molecule is CCC(C)(C)OCCC(C)(C)OCCNC(=O)CCSSc1ccccn1. The molecule has 0 saturated carbocycles. The number of carbonyl (C=O) groups is 1. The summed E-state index contributed by atoms with van der Waals surface area (Å²) in [7, 11) is 3.23. The summed E-state index contributed by atoms with van der Waals surface area (Å²) in [5.74, 6) is 0.808. The molecule has 0 atom stereocenters. The minimum atomic E-state index is -0.260. The fourth-order valence-corrected chi connectivity index (χ4v) is 3.86. The number of rotatable bonds is 14. The second-order valence-electron chi connectivity index (χ2n) is 7.49. The largest absolute Gasteiger partial charge is 0.375 e. The highest BCUT2D eigenvalue weighted by Crippen LogP contribution is 2.29. The van der Waals surface area contributed by atoms with Crippen LogP contribution in [0, 0.1) is 0 Å². The van der Waals surface area contributed by atoms with Crippen LogP contribution in [0.5, 0.6) is 0 Å². The predicted molar refractivity (Wildman–Crippen MR) is 115 cm³/mol. The normalized spacial score (nSPS) is 12.2. The maximum atomic E-state index is 11.9. The van der Waals surface area contributed by atoms with Crippen LogP contribution in [-0.4, -0.2) is 47.6 Å². The Morgan fingerprint density at radius 2 is 1.89 bits per heavy atom. The molecule has 0 saturated heterocycles. The lowest BCUT2D eigenvalue weighted by atomic mass is 10.0. The highest BCUT2D eigenvalue weighted by atomic mass is 33.1. The Morgan fingerprint density at radius 1 is 1.15 bits per heavy atom. The van der Waals surface area contributed by atoms with Crippen molar-refractivity contribution in [3.63, 3.8) is 0 Å². The van der Waals surface area contributed by atoms with E-state index in [4.69, 9.17) is 9.47 Å². The highest BCUT2D eigenvalue weighted by Gasteiger charge is 2.21. The number of nitrogens with zero attached hydrogens (tertiary/aromatic N) is 1. The van der Waals surface area contributed by atoms with E-state index in [1.807, 2.05) is 18.2 Å². The number of nitrogens with one attached hydrogen (secondary N) is 1. The third-order valence-corrected chi connectivity index (χ3v) is 6.43. The van der Waals surface area contributed by atoms with Crippen molar-refractivity contribution in [2.24, 2.45) is 0 Å². The molecule has 1 aromatic rings. The van der Waals surface area contributed by atoms with Crippen LogP contribution in [0.4, 0.5) is 0 Å². The standard InChI is InChI=1S/C20H34N2O3S2/c1-6-19(2,3)24-14-11-20(4,5)25-15-13-21-17(23)10-16-26-27-18-9-7-8-12-22-18/h7-9,12H,6,10-11,13-16H2,1-5H3,(H,21,23). The summed E-state index contributed by atoms with van der Waals surface area (Å²) >= 11 is 0. The van der Waals surface area contributed by atoms with Crippen LogP contribution in [0.3, 0.4) is 0 Å². The van der Waals surface area contributed by atoms with Gasteiger partial charge in [-0.25, -0.2) is 4.98 Å². The molecule has 1 rings (SSSR count). The molecule has 1 N–H and O–H groups in total. The van der Waals surface area contributed by atoms with Crippen molar-refractivity contribution in [3.8, 4) is 0 Å². The smallest absolute Gasteiger partial charge is 0.220 e. The lowest BCUT2D eigenvalue weighted by Gasteiger charge is -2.29. The second-order valence-corrected chi connectivity index (χ2v) is 9.93. The van der Waals surface area contributed by atoms with Gasteiger partial charge in [0.05, 0.1) is 24.4 Å². The van der Waals surface area contributed by atoms with E-state index in [-0.39, 0.29) is 17.1 Å². The number of carbonyl (C=O) groups excluding carboxylic acids is 1. The third kappa shape index (κ3) is 12.3. The van der Waals surface area contributed by atoms with Gasteiger partial charge in [0.25, 0.3) is 0 Å². The summed E-state index contributed by atoms with van der Waals surface area (Å²) in [5, 5.41) is 3.87. The molecule has 0 fully saturated rings. The van der Waals surface area contributed by atoms with Gasteiger partial charge in [-0.2, -0.15) is 0 Å². The Hall–Kier alpha value is -0.760. The average Bonchev–Trinajstić information content (AvgIpc) is 2.63. The van der Waals surface area contributed by atoms with E-state index in [9.17, 15) is 4.79 Å². The summed E-state index contributed by atoms with van der Waals surface area (Å²) in [6.07, 6.45) is 4.08. The van der Waals surface area contributed by atoms with E-state index in [1.165, 1.54) is 0 Å². The zero-order valence-corrected chi connectivity index (χ0v) is 18.9. The Balaban J connectivity index is 2.06. The lowest BCUT2D eigenvalue weighted by Crippen LogP contribution is -2.34. The van der Waals surface area contributed by atoms with Gasteiger partial charge in [0.15, 0.2) is 0 Å². The first-order valence-electron chi connectivity index (χ1n) is 9.49. The van der Waals surface area contributed by atoms with E-state index in [1.54, 1.807) is 27.8 Å². The molecule has 0 unspecified atom stereocenters. The van der Waals surface area contributed by atoms with E-state index in [0.29, 0.717) is 26.2 Å². The van der Waals surface area contributed by atoms with Crippen LogP contribution in [-0.2, 0) is 14.3 Å². The fraction of sp³-hybridized carbons (Fsp3) is 0.700. The number of amides is 1. The molecule has 27 heavy (non-hydrogen) atoms. The molecule has 0 aliphatic rings. The Labute approximate surface area is 172 Å². The number of hydrogen-bond acceptors (Lipinski definition) is 6. The van der Waals surface area contributed by atoms with Crippen LogP contribution in [0.2, 0.25) is 0 Å². The van der Waals surface area contributed by atoms with Crippen molar-refractivity contribution in [1.29, 1.82) is 0 Å². The van der Waals surface area contributed by atoms with E-state index < -0.39 is 0 Å². The monoisotopic (exact) mass is 414 g/mol. The van der Waals surface area contributed by atoms with Crippen LogP contribution in [0.15, 0.2) is 29.4 Å². The molecule has 7 heteroatoms. The van der Waals surface area contributed by atoms with E-state index in [2.05, 4.69) is 44.9 Å². The van der Waals surface area contributed by atoms with Crippen LogP contribution < -0.4 is 5.32 Å². The third-order valence-electron chi connectivity index (χ3n) is 4.16. The molecule has 0 spiro atoms. The molecule has 5 nitrogen and oxygen atoms in total. The van der Waals surface area contributed by atoms with Gasteiger partial charge in [0, 0.05) is 24.9 Å². The first kappa shape index (κ1) is 24.3. The summed E-state index contributed by atoms with van der Waals surface area (Å²) < 4.78 is 11.8. The molecule has 0 aliphatic carbocycles. The number of aromatic nitrogens is 1. The quantitative estimate of drug-likeness (QED) is 0.351. The minimum Gasteiger partial charge on any atom is -0.375 e. The molecule has 0 radical (unpaired) electrons. The van der Waals surface area contributed by atoms with Crippen molar-refractivity contribution in [1.82, 2.24) is 10.3 Å². The van der Waals surface area contributed by atoms with E-state index in [0.717, 1.165) is 23.6 Å². The maximum absolute atomic E-state index is 11.9.